The van der Waals surface area contributed by atoms with Gasteiger partial charge in [0.1, 0.15) is 17.9 Å². The van der Waals surface area contributed by atoms with Gasteiger partial charge in [0.05, 0.1) is 18.2 Å². The highest BCUT2D eigenvalue weighted by atomic mass is 19.1. The van der Waals surface area contributed by atoms with E-state index in [2.05, 4.69) is 0 Å². The Morgan fingerprint density at radius 1 is 1.31 bits per heavy atom. The van der Waals surface area contributed by atoms with Crippen molar-refractivity contribution in [1.82, 2.24) is 4.90 Å². The normalized spacial score (nSPS) is 27.6. The Morgan fingerprint density at radius 3 is 2.55 bits per heavy atom. The second kappa shape index (κ2) is 7.39. The second-order valence-electron chi connectivity index (χ2n) is 6.75. The van der Waals surface area contributed by atoms with Gasteiger partial charge in [0.25, 0.3) is 0 Å². The second-order valence-corrected chi connectivity index (χ2v) is 6.75. The summed E-state index contributed by atoms with van der Waals surface area (Å²) in [5, 5.41) is 9.24. The summed E-state index contributed by atoms with van der Waals surface area (Å²) in [6, 6.07) is 4.98. The highest BCUT2D eigenvalue weighted by Crippen LogP contribution is 2.54. The lowest BCUT2D eigenvalue weighted by Crippen LogP contribution is -2.55. The zero-order valence-electron chi connectivity index (χ0n) is 15.5. The molecule has 1 aromatic rings. The number of nitrogens with two attached hydrogens (primary N) is 2. The van der Waals surface area contributed by atoms with Crippen LogP contribution in [0, 0.1) is 22.6 Å². The lowest BCUT2D eigenvalue weighted by molar-refractivity contribution is -0.161. The van der Waals surface area contributed by atoms with Crippen LogP contribution < -0.4 is 11.5 Å². The van der Waals surface area contributed by atoms with Crippen LogP contribution >= 0.6 is 0 Å². The predicted molar refractivity (Wildman–Crippen MR) is 98.8 cm³/mol. The van der Waals surface area contributed by atoms with E-state index in [0.717, 1.165) is 6.07 Å². The molecule has 0 bridgehead atoms. The molecule has 0 radical (unpaired) electrons. The Bertz CT molecular complexity index is 983. The molecule has 2 aliphatic rings. The van der Waals surface area contributed by atoms with Crippen LogP contribution in [0.15, 0.2) is 48.2 Å². The molecule has 0 unspecified atom stereocenters. The fourth-order valence-electron chi connectivity index (χ4n) is 4.24. The Balaban J connectivity index is 2.37. The highest BCUT2D eigenvalue weighted by Gasteiger charge is 2.69. The number of amides is 2. The van der Waals surface area contributed by atoms with Crippen molar-refractivity contribution in [2.45, 2.75) is 24.9 Å². The fraction of sp³-hybridized carbons (Fsp3) is 0.300. The molecule has 0 saturated carbocycles. The van der Waals surface area contributed by atoms with E-state index in [-0.39, 0.29) is 17.7 Å². The highest BCUT2D eigenvalue weighted by molar-refractivity contribution is 6.06. The number of fused-ring (bicyclic) bond motifs is 1. The van der Waals surface area contributed by atoms with Gasteiger partial charge < -0.3 is 21.1 Å². The SMILES string of the molecule is CCOC(=O)[C@]1(C(N)=O)[C@H](c2ccccc2F)[C@@H](C(N)=O)N2C=C(C#N)C=C[C@@H]21. The van der Waals surface area contributed by atoms with Gasteiger partial charge in [-0.25, -0.2) is 4.39 Å². The molecule has 1 aromatic carbocycles. The predicted octanol–water partition coefficient (Wildman–Crippen LogP) is 0.459. The maximum atomic E-state index is 14.8. The minimum atomic E-state index is -2.13. The van der Waals surface area contributed by atoms with Gasteiger partial charge in [-0.2, -0.15) is 5.26 Å². The van der Waals surface area contributed by atoms with Gasteiger partial charge in [-0.1, -0.05) is 24.3 Å². The number of nitriles is 1. The van der Waals surface area contributed by atoms with E-state index >= 15 is 0 Å². The zero-order valence-corrected chi connectivity index (χ0v) is 15.5. The molecule has 9 heteroatoms. The Morgan fingerprint density at radius 2 is 2.00 bits per heavy atom. The molecule has 3 rings (SSSR count). The summed E-state index contributed by atoms with van der Waals surface area (Å²) in [4.78, 5) is 39.7. The van der Waals surface area contributed by atoms with Gasteiger partial charge in [-0.3, -0.25) is 14.4 Å². The molecule has 4 atom stereocenters. The number of carbonyl (C=O) groups is 3. The summed E-state index contributed by atoms with van der Waals surface area (Å²) in [5.74, 6) is -5.06. The molecule has 8 nitrogen and oxygen atoms in total. The number of hydrogen-bond acceptors (Lipinski definition) is 6. The van der Waals surface area contributed by atoms with Crippen LogP contribution in [0.2, 0.25) is 0 Å². The molecular formula is C20H19FN4O4. The van der Waals surface area contributed by atoms with E-state index in [1.54, 1.807) is 6.92 Å². The standard InChI is InChI=1S/C20H19FN4O4/c1-2-29-19(28)20(18(24)27)14-8-7-11(9-22)10-25(14)16(17(23)26)15(20)12-5-3-4-6-13(12)21/h3-8,10,14-16H,2H2,1H3,(H2,23,26)(H2,24,27)/t14-,15-,16+,20+/m1/s1. The topological polar surface area (TPSA) is 140 Å². The molecule has 150 valence electrons. The molecule has 1 fully saturated rings. The van der Waals surface area contributed by atoms with Crippen LogP contribution in [0.1, 0.15) is 18.4 Å². The van der Waals surface area contributed by atoms with Crippen molar-refractivity contribution in [3.8, 4) is 6.07 Å². The van der Waals surface area contributed by atoms with Crippen LogP contribution in [-0.2, 0) is 19.1 Å². The van der Waals surface area contributed by atoms with Crippen molar-refractivity contribution in [2.24, 2.45) is 16.9 Å². The van der Waals surface area contributed by atoms with E-state index in [9.17, 15) is 24.0 Å². The number of ether oxygens (including phenoxy) is 1. The van der Waals surface area contributed by atoms with Crippen molar-refractivity contribution in [1.29, 1.82) is 5.26 Å². The van der Waals surface area contributed by atoms with E-state index in [1.807, 2.05) is 6.07 Å². The van der Waals surface area contributed by atoms with Gasteiger partial charge in [0.15, 0.2) is 5.41 Å². The maximum Gasteiger partial charge on any atom is 0.324 e. The number of rotatable bonds is 5. The first kappa shape index (κ1) is 20.1. The van der Waals surface area contributed by atoms with Crippen molar-refractivity contribution in [3.05, 3.63) is 59.6 Å². The monoisotopic (exact) mass is 398 g/mol. The number of allylic oxidation sites excluding steroid dienone is 2. The van der Waals surface area contributed by atoms with Crippen LogP contribution in [0.25, 0.3) is 0 Å². The maximum absolute atomic E-state index is 14.8. The minimum Gasteiger partial charge on any atom is -0.465 e. The number of hydrogen-bond donors (Lipinski definition) is 2. The van der Waals surface area contributed by atoms with Crippen LogP contribution in [-0.4, -0.2) is 41.4 Å². The minimum absolute atomic E-state index is 0.0607. The molecule has 0 spiro atoms. The summed E-state index contributed by atoms with van der Waals surface area (Å²) in [5.41, 5.74) is 9.30. The lowest BCUT2D eigenvalue weighted by Gasteiger charge is -2.35. The third-order valence-electron chi connectivity index (χ3n) is 5.34. The quantitative estimate of drug-likeness (QED) is 0.545. The number of primary amides is 2. The number of carbonyl (C=O) groups excluding carboxylic acids is 3. The smallest absolute Gasteiger partial charge is 0.324 e. The average molecular weight is 398 g/mol. The van der Waals surface area contributed by atoms with Gasteiger partial charge in [0.2, 0.25) is 11.8 Å². The average Bonchev–Trinajstić information content (AvgIpc) is 2.99. The molecule has 4 N–H and O–H groups in total. The molecule has 2 heterocycles. The van der Waals surface area contributed by atoms with E-state index in [4.69, 9.17) is 16.2 Å². The van der Waals surface area contributed by atoms with Gasteiger partial charge >= 0.3 is 5.97 Å². The molecule has 0 aromatic heterocycles. The van der Waals surface area contributed by atoms with E-state index in [1.165, 1.54) is 41.5 Å². The molecular weight excluding hydrogens is 379 g/mol. The van der Waals surface area contributed by atoms with Gasteiger partial charge in [0, 0.05) is 12.1 Å². The van der Waals surface area contributed by atoms with Crippen molar-refractivity contribution in [3.63, 3.8) is 0 Å². The lowest BCUT2D eigenvalue weighted by atomic mass is 9.67. The largest absolute Gasteiger partial charge is 0.465 e. The first-order chi connectivity index (χ1) is 13.8. The third kappa shape index (κ3) is 2.84. The molecule has 2 aliphatic heterocycles. The fourth-order valence-corrected chi connectivity index (χ4v) is 4.24. The first-order valence-corrected chi connectivity index (χ1v) is 8.89. The zero-order chi connectivity index (χ0) is 21.3. The van der Waals surface area contributed by atoms with Crippen molar-refractivity contribution < 1.29 is 23.5 Å². The number of benzene rings is 1. The number of nitrogens with zero attached hydrogens (tertiary/aromatic N) is 2. The Kier molecular flexibility index (Phi) is 5.12. The summed E-state index contributed by atoms with van der Waals surface area (Å²) < 4.78 is 19.9. The number of halogens is 1. The van der Waals surface area contributed by atoms with Crippen molar-refractivity contribution >= 4 is 17.8 Å². The Hall–Kier alpha value is -3.67. The van der Waals surface area contributed by atoms with E-state index in [0.29, 0.717) is 0 Å². The van der Waals surface area contributed by atoms with Crippen LogP contribution in [0.3, 0.4) is 0 Å². The number of esters is 1. The molecule has 2 amide bonds. The first-order valence-electron chi connectivity index (χ1n) is 8.89. The summed E-state index contributed by atoms with van der Waals surface area (Å²) >= 11 is 0. The third-order valence-corrected chi connectivity index (χ3v) is 5.34. The van der Waals surface area contributed by atoms with Crippen molar-refractivity contribution in [2.75, 3.05) is 6.61 Å². The van der Waals surface area contributed by atoms with E-state index < -0.39 is 47.0 Å². The molecule has 0 aliphatic carbocycles. The van der Waals surface area contributed by atoms with Gasteiger partial charge in [-0.05, 0) is 24.6 Å². The van der Waals surface area contributed by atoms with Crippen LogP contribution in [0.5, 0.6) is 0 Å². The molecule has 1 saturated heterocycles. The summed E-state index contributed by atoms with van der Waals surface area (Å²) in [6.07, 6.45) is 4.13. The van der Waals surface area contributed by atoms with Gasteiger partial charge in [-0.15, -0.1) is 0 Å². The molecule has 29 heavy (non-hydrogen) atoms. The Labute approximate surface area is 166 Å². The van der Waals surface area contributed by atoms with Crippen LogP contribution in [0.4, 0.5) is 4.39 Å². The summed E-state index contributed by atoms with van der Waals surface area (Å²) in [7, 11) is 0. The summed E-state index contributed by atoms with van der Waals surface area (Å²) in [6.45, 7) is 1.49.